The Morgan fingerprint density at radius 3 is 3.07 bits per heavy atom. The summed E-state index contributed by atoms with van der Waals surface area (Å²) in [7, 11) is 0. The van der Waals surface area contributed by atoms with Crippen molar-refractivity contribution in [2.45, 2.75) is 12.8 Å². The van der Waals surface area contributed by atoms with Gasteiger partial charge in [0, 0.05) is 12.6 Å². The van der Waals surface area contributed by atoms with Crippen LogP contribution in [0.5, 0.6) is 0 Å². The number of nitrogens with zero attached hydrogens (tertiary/aromatic N) is 2. The summed E-state index contributed by atoms with van der Waals surface area (Å²) >= 11 is 9.51. The Morgan fingerprint density at radius 1 is 1.53 bits per heavy atom. The summed E-state index contributed by atoms with van der Waals surface area (Å²) in [6.45, 7) is 0.674. The van der Waals surface area contributed by atoms with Crippen LogP contribution in [0, 0.1) is 0 Å². The molecule has 0 aliphatic rings. The lowest BCUT2D eigenvalue weighted by Crippen LogP contribution is -2.03. The molecule has 2 heterocycles. The quantitative estimate of drug-likeness (QED) is 0.943. The van der Waals surface area contributed by atoms with Crippen molar-refractivity contribution < 1.29 is 0 Å². The van der Waals surface area contributed by atoms with Gasteiger partial charge in [-0.2, -0.15) is 0 Å². The molecular formula is C10H11BrClN3. The van der Waals surface area contributed by atoms with E-state index in [4.69, 9.17) is 17.3 Å². The molecule has 0 saturated carbocycles. The number of hydrogen-bond acceptors (Lipinski definition) is 2. The third-order valence-electron chi connectivity index (χ3n) is 2.25. The van der Waals surface area contributed by atoms with Gasteiger partial charge in [-0.25, -0.2) is 4.98 Å². The number of rotatable bonds is 3. The van der Waals surface area contributed by atoms with Crippen LogP contribution >= 0.6 is 27.5 Å². The number of imidazole rings is 1. The zero-order chi connectivity index (χ0) is 10.8. The Balaban J connectivity index is 2.53. The van der Waals surface area contributed by atoms with Gasteiger partial charge in [-0.15, -0.1) is 0 Å². The van der Waals surface area contributed by atoms with Crippen molar-refractivity contribution in [2.75, 3.05) is 6.54 Å². The molecular weight excluding hydrogens is 277 g/mol. The lowest BCUT2D eigenvalue weighted by Gasteiger charge is -2.00. The average Bonchev–Trinajstić information content (AvgIpc) is 2.54. The van der Waals surface area contributed by atoms with E-state index in [1.165, 1.54) is 0 Å². The summed E-state index contributed by atoms with van der Waals surface area (Å²) in [6, 6.07) is 3.77. The standard InChI is InChI=1S/C10H11BrClN3/c11-10-9-7(12)3-2-6-15(9)8(14-10)4-1-5-13/h2-3,6H,1,4-5,13H2. The molecule has 0 aliphatic carbocycles. The van der Waals surface area contributed by atoms with Gasteiger partial charge < -0.3 is 10.1 Å². The van der Waals surface area contributed by atoms with Crippen LogP contribution in [0.25, 0.3) is 5.52 Å². The molecule has 0 saturated heterocycles. The Kier molecular flexibility index (Phi) is 3.29. The lowest BCUT2D eigenvalue weighted by atomic mass is 10.3. The van der Waals surface area contributed by atoms with E-state index in [0.717, 1.165) is 28.8 Å². The summed E-state index contributed by atoms with van der Waals surface area (Å²) in [5.41, 5.74) is 6.40. The summed E-state index contributed by atoms with van der Waals surface area (Å²) in [6.07, 6.45) is 3.76. The molecule has 0 fully saturated rings. The molecule has 2 rings (SSSR count). The van der Waals surface area contributed by atoms with Crippen LogP contribution in [0.3, 0.4) is 0 Å². The van der Waals surface area contributed by atoms with Crippen LogP contribution in [0.4, 0.5) is 0 Å². The van der Waals surface area contributed by atoms with Crippen molar-refractivity contribution >= 4 is 33.0 Å². The van der Waals surface area contributed by atoms with Crippen molar-refractivity contribution in [3.05, 3.63) is 33.8 Å². The monoisotopic (exact) mass is 287 g/mol. The molecule has 0 spiro atoms. The summed E-state index contributed by atoms with van der Waals surface area (Å²) in [4.78, 5) is 4.43. The lowest BCUT2D eigenvalue weighted by molar-refractivity contribution is 0.777. The second-order valence-corrected chi connectivity index (χ2v) is 4.44. The highest BCUT2D eigenvalue weighted by molar-refractivity contribution is 9.10. The molecule has 0 aliphatic heterocycles. The highest BCUT2D eigenvalue weighted by Crippen LogP contribution is 2.26. The van der Waals surface area contributed by atoms with Gasteiger partial charge in [0.15, 0.2) is 0 Å². The van der Waals surface area contributed by atoms with E-state index in [-0.39, 0.29) is 0 Å². The zero-order valence-electron chi connectivity index (χ0n) is 8.08. The molecule has 0 radical (unpaired) electrons. The van der Waals surface area contributed by atoms with Crippen LogP contribution in [0.2, 0.25) is 5.02 Å². The number of aromatic nitrogens is 2. The predicted octanol–water partition coefficient (Wildman–Crippen LogP) is 2.64. The number of nitrogens with two attached hydrogens (primary N) is 1. The first kappa shape index (κ1) is 10.9. The molecule has 0 unspecified atom stereocenters. The number of aryl methyl sites for hydroxylation is 1. The molecule has 0 bridgehead atoms. The first-order chi connectivity index (χ1) is 7.24. The van der Waals surface area contributed by atoms with Gasteiger partial charge in [0.05, 0.1) is 10.5 Å². The highest BCUT2D eigenvalue weighted by Gasteiger charge is 2.10. The number of halogens is 2. The van der Waals surface area contributed by atoms with Crippen molar-refractivity contribution in [3.8, 4) is 0 Å². The van der Waals surface area contributed by atoms with Crippen molar-refractivity contribution in [3.63, 3.8) is 0 Å². The maximum absolute atomic E-state index is 6.09. The molecule has 2 aromatic rings. The van der Waals surface area contributed by atoms with E-state index in [1.54, 1.807) is 0 Å². The van der Waals surface area contributed by atoms with Gasteiger partial charge in [0.2, 0.25) is 0 Å². The predicted molar refractivity (Wildman–Crippen MR) is 65.3 cm³/mol. The molecule has 15 heavy (non-hydrogen) atoms. The molecule has 3 nitrogen and oxygen atoms in total. The van der Waals surface area contributed by atoms with E-state index in [2.05, 4.69) is 20.9 Å². The first-order valence-electron chi connectivity index (χ1n) is 4.75. The SMILES string of the molecule is NCCCc1nc(Br)c2c(Cl)cccn12. The number of pyridine rings is 1. The molecule has 80 valence electrons. The topological polar surface area (TPSA) is 43.3 Å². The fraction of sp³-hybridized carbons (Fsp3) is 0.300. The zero-order valence-corrected chi connectivity index (χ0v) is 10.4. The normalized spacial score (nSPS) is 11.1. The van der Waals surface area contributed by atoms with Gasteiger partial charge in [0.25, 0.3) is 0 Å². The molecule has 0 atom stereocenters. The summed E-state index contributed by atoms with van der Waals surface area (Å²) in [5.74, 6) is 0.991. The number of hydrogen-bond donors (Lipinski definition) is 1. The van der Waals surface area contributed by atoms with E-state index >= 15 is 0 Å². The van der Waals surface area contributed by atoms with Crippen LogP contribution < -0.4 is 5.73 Å². The Bertz CT molecular complexity index is 481. The minimum Gasteiger partial charge on any atom is -0.330 e. The fourth-order valence-electron chi connectivity index (χ4n) is 1.55. The Morgan fingerprint density at radius 2 is 2.33 bits per heavy atom. The fourth-order valence-corrected chi connectivity index (χ4v) is 2.53. The summed E-state index contributed by atoms with van der Waals surface area (Å²) < 4.78 is 2.79. The Hall–Kier alpha value is -0.580. The van der Waals surface area contributed by atoms with Gasteiger partial charge in [-0.05, 0) is 41.0 Å². The smallest absolute Gasteiger partial charge is 0.133 e. The largest absolute Gasteiger partial charge is 0.330 e. The van der Waals surface area contributed by atoms with Crippen LogP contribution in [0.15, 0.2) is 22.9 Å². The van der Waals surface area contributed by atoms with E-state index in [1.807, 2.05) is 22.7 Å². The molecule has 2 N–H and O–H groups in total. The van der Waals surface area contributed by atoms with E-state index in [9.17, 15) is 0 Å². The van der Waals surface area contributed by atoms with Crippen molar-refractivity contribution in [2.24, 2.45) is 5.73 Å². The second-order valence-electron chi connectivity index (χ2n) is 3.29. The molecule has 2 aromatic heterocycles. The maximum Gasteiger partial charge on any atom is 0.133 e. The van der Waals surface area contributed by atoms with Crippen molar-refractivity contribution in [1.29, 1.82) is 0 Å². The minimum atomic E-state index is 0.674. The van der Waals surface area contributed by atoms with Crippen LogP contribution in [0.1, 0.15) is 12.2 Å². The van der Waals surface area contributed by atoms with Gasteiger partial charge in [0.1, 0.15) is 10.4 Å². The second kappa shape index (κ2) is 4.51. The van der Waals surface area contributed by atoms with E-state index in [0.29, 0.717) is 11.6 Å². The van der Waals surface area contributed by atoms with E-state index < -0.39 is 0 Å². The number of fused-ring (bicyclic) bond motifs is 1. The molecule has 0 amide bonds. The van der Waals surface area contributed by atoms with Crippen LogP contribution in [-0.2, 0) is 6.42 Å². The molecule has 0 aromatic carbocycles. The third-order valence-corrected chi connectivity index (χ3v) is 3.11. The average molecular weight is 289 g/mol. The Labute approximate surface area is 101 Å². The first-order valence-corrected chi connectivity index (χ1v) is 5.92. The van der Waals surface area contributed by atoms with Crippen molar-refractivity contribution in [1.82, 2.24) is 9.38 Å². The van der Waals surface area contributed by atoms with Gasteiger partial charge in [-0.3, -0.25) is 0 Å². The van der Waals surface area contributed by atoms with Gasteiger partial charge in [-0.1, -0.05) is 11.6 Å². The highest BCUT2D eigenvalue weighted by atomic mass is 79.9. The van der Waals surface area contributed by atoms with Crippen LogP contribution in [-0.4, -0.2) is 15.9 Å². The maximum atomic E-state index is 6.09. The third kappa shape index (κ3) is 2.02. The van der Waals surface area contributed by atoms with Gasteiger partial charge >= 0.3 is 0 Å². The minimum absolute atomic E-state index is 0.674. The summed E-state index contributed by atoms with van der Waals surface area (Å²) in [5, 5.41) is 0.705. The molecule has 5 heteroatoms.